The van der Waals surface area contributed by atoms with Crippen molar-refractivity contribution in [1.29, 1.82) is 0 Å². The lowest BCUT2D eigenvalue weighted by Crippen LogP contribution is -2.65. The maximum absolute atomic E-state index is 14.5. The van der Waals surface area contributed by atoms with Gasteiger partial charge in [-0.05, 0) is 63.9 Å². The molecule has 5 saturated heterocycles. The van der Waals surface area contributed by atoms with Crippen molar-refractivity contribution in [3.05, 3.63) is 60.2 Å². The lowest BCUT2D eigenvalue weighted by atomic mass is 9.71. The molecule has 25 atom stereocenters. The van der Waals surface area contributed by atoms with Crippen LogP contribution in [0, 0.1) is 35.5 Å². The zero-order valence-electron chi connectivity index (χ0n) is 51.9. The van der Waals surface area contributed by atoms with E-state index < -0.39 is 169 Å². The van der Waals surface area contributed by atoms with Crippen LogP contribution in [0.5, 0.6) is 0 Å². The Bertz CT molecular complexity index is 2470. The SMILES string of the molecule is C=C(Cl)/C=C/[C@@H](O)C(C)C(=C)C[C@H]1O[C@@H]2[C@H](C)[C@@H](OC(=O)C[C@H]3C[C@H](OC(C)=O)C[C@@]4(C[C@@](C)(O)C[C@H](CC(=C)[C@@H](C)[C@H](OC(C)=O)[C@H](C)C(=O)C[C@@H]5C[C@H](OC)C[C@@]6(C[C@@H](O)C[C@H](/C=C\CCC[C@H]7O[C@](O)(C[C@H](O)[C@H]7C)[C@H]2O)C6)O5)O4)O3)[C@@H]1O. The lowest BCUT2D eigenvalue weighted by molar-refractivity contribution is -0.351. The van der Waals surface area contributed by atoms with Crippen molar-refractivity contribution in [2.45, 2.75) is 279 Å². The maximum atomic E-state index is 14.5. The van der Waals surface area contributed by atoms with Crippen LogP contribution < -0.4 is 0 Å². The summed E-state index contributed by atoms with van der Waals surface area (Å²) in [5.41, 5.74) is -1.27. The van der Waals surface area contributed by atoms with E-state index in [1.807, 2.05) is 13.0 Å². The second-order valence-corrected chi connectivity index (χ2v) is 27.4. The number of carbonyl (C=O) groups excluding carboxylic acids is 4. The van der Waals surface area contributed by atoms with Gasteiger partial charge in [0.05, 0.1) is 84.6 Å². The molecule has 7 N–H and O–H groups in total. The molecule has 21 heteroatoms. The Balaban J connectivity index is 1.23. The van der Waals surface area contributed by atoms with E-state index in [4.69, 9.17) is 54.2 Å². The lowest BCUT2D eigenvalue weighted by Gasteiger charge is -2.52. The van der Waals surface area contributed by atoms with Crippen LogP contribution in [0.15, 0.2) is 60.2 Å². The number of aliphatic hydroxyl groups is 7. The van der Waals surface area contributed by atoms with E-state index in [1.54, 1.807) is 41.7 Å². The average Bonchev–Trinajstić information content (AvgIpc) is 0.912. The monoisotopic (exact) mass is 1230 g/mol. The highest BCUT2D eigenvalue weighted by Gasteiger charge is 2.58. The number of halogens is 1. The minimum Gasteiger partial charge on any atom is -0.462 e. The van der Waals surface area contributed by atoms with Crippen LogP contribution in [0.3, 0.4) is 0 Å². The third-order valence-corrected chi connectivity index (χ3v) is 19.6. The van der Waals surface area contributed by atoms with Crippen LogP contribution in [0.1, 0.15) is 165 Å². The number of hydrogen-bond acceptors (Lipinski definition) is 20. The minimum absolute atomic E-state index is 0.00692. The fourth-order valence-corrected chi connectivity index (χ4v) is 15.0. The van der Waals surface area contributed by atoms with E-state index in [-0.39, 0.29) is 67.8 Å². The van der Waals surface area contributed by atoms with Gasteiger partial charge in [0.2, 0.25) is 0 Å². The molecule has 1 unspecified atom stereocenters. The van der Waals surface area contributed by atoms with Gasteiger partial charge in [-0.1, -0.05) is 95.3 Å². The number of methoxy groups -OCH3 is 1. The standard InChI is InChI=1S/C65H99ClO20/c1-34-20-50-29-62(11,76)33-64(85-50)31-49(79-42(9)67)24-47(84-64)26-56(73)82-59-41(8)60(81-55(57(59)74)21-35(2)37(4)51(70)19-18-36(3)66)61(75)65(77)32-53(72)39(6)54(86-65)17-15-13-14-16-44-22-45(69)28-63(27-44)30-48(78-12)23-46(83-63)25-52(71)40(7)58(38(34)5)80-43(10)68/h14,16,18-19,37-41,44-51,53-55,57-61,69-70,72,74-77H,1-3,13,15,17,20-33H2,4-12H3/b16-14-,19-18+/t37?,38-,39-,40-,41-,44+,45+,46+,47-,48+,49+,50+,51-,53+,54-,55-,57-,58+,59-,60-,61+,62+,63-,64-,65-/m1/s1. The van der Waals surface area contributed by atoms with Gasteiger partial charge in [-0.3, -0.25) is 19.2 Å². The van der Waals surface area contributed by atoms with Gasteiger partial charge in [0.25, 0.3) is 0 Å². The summed E-state index contributed by atoms with van der Waals surface area (Å²) in [5, 5.41) is 83.3. The smallest absolute Gasteiger partial charge is 0.308 e. The van der Waals surface area contributed by atoms with Crippen LogP contribution >= 0.6 is 11.6 Å². The summed E-state index contributed by atoms with van der Waals surface area (Å²) < 4.78 is 57.3. The minimum atomic E-state index is -2.39. The molecule has 0 aromatic carbocycles. The summed E-state index contributed by atoms with van der Waals surface area (Å²) >= 11 is 5.94. The second-order valence-electron chi connectivity index (χ2n) is 26.9. The van der Waals surface area contributed by atoms with E-state index >= 15 is 0 Å². The highest BCUT2D eigenvalue weighted by Crippen LogP contribution is 2.49. The van der Waals surface area contributed by atoms with Crippen LogP contribution in [0.2, 0.25) is 0 Å². The molecule has 86 heavy (non-hydrogen) atoms. The molecule has 0 aromatic heterocycles. The molecule has 20 nitrogen and oxygen atoms in total. The largest absolute Gasteiger partial charge is 0.462 e. The first-order chi connectivity index (χ1) is 40.2. The molecule has 1 saturated carbocycles. The van der Waals surface area contributed by atoms with Crippen LogP contribution in [-0.2, 0) is 61.8 Å². The van der Waals surface area contributed by atoms with E-state index in [9.17, 15) is 54.9 Å². The number of allylic oxidation sites excluding steroid dienone is 4. The number of aliphatic hydroxyl groups excluding tert-OH is 5. The van der Waals surface area contributed by atoms with Crippen LogP contribution in [0.25, 0.3) is 0 Å². The molecular formula is C65H99ClO20. The van der Waals surface area contributed by atoms with Gasteiger partial charge in [-0.2, -0.15) is 0 Å². The van der Waals surface area contributed by atoms with Crippen LogP contribution in [0.4, 0.5) is 0 Å². The zero-order chi connectivity index (χ0) is 63.4. The van der Waals surface area contributed by atoms with E-state index in [0.717, 1.165) is 0 Å². The molecule has 0 amide bonds. The third-order valence-electron chi connectivity index (χ3n) is 19.5. The number of fused-ring (bicyclic) bond motifs is 8. The number of hydrogen-bond donors (Lipinski definition) is 7. The van der Waals surface area contributed by atoms with E-state index in [0.29, 0.717) is 62.5 Å². The molecule has 0 aromatic rings. The van der Waals surface area contributed by atoms with Gasteiger partial charge in [-0.25, -0.2) is 0 Å². The van der Waals surface area contributed by atoms with Crippen molar-refractivity contribution in [3.63, 3.8) is 0 Å². The first-order valence-corrected chi connectivity index (χ1v) is 31.5. The molecular weight excluding hydrogens is 1140 g/mol. The Morgan fingerprint density at radius 2 is 1.50 bits per heavy atom. The van der Waals surface area contributed by atoms with E-state index in [2.05, 4.69) is 25.8 Å². The number of ketones is 1. The summed E-state index contributed by atoms with van der Waals surface area (Å²) in [6.07, 6.45) is -5.65. The Morgan fingerprint density at radius 3 is 2.17 bits per heavy atom. The molecule has 10 bridgehead atoms. The predicted octanol–water partition coefficient (Wildman–Crippen LogP) is 6.82. The maximum Gasteiger partial charge on any atom is 0.308 e. The van der Waals surface area contributed by atoms with Gasteiger partial charge in [0.1, 0.15) is 36.3 Å². The Hall–Kier alpha value is -3.45. The summed E-state index contributed by atoms with van der Waals surface area (Å²) in [4.78, 5) is 54.5. The molecule has 6 heterocycles. The highest BCUT2D eigenvalue weighted by molar-refractivity contribution is 6.30. The third kappa shape index (κ3) is 17.7. The fourth-order valence-electron chi connectivity index (χ4n) is 14.9. The van der Waals surface area contributed by atoms with E-state index in [1.165, 1.54) is 26.0 Å². The summed E-state index contributed by atoms with van der Waals surface area (Å²) in [6.45, 7) is 25.0. The van der Waals surface area contributed by atoms with Gasteiger partial charge in [-0.15, -0.1) is 0 Å². The molecule has 486 valence electrons. The van der Waals surface area contributed by atoms with Gasteiger partial charge in [0.15, 0.2) is 11.6 Å². The molecule has 0 radical (unpaired) electrons. The molecule has 7 aliphatic rings. The van der Waals surface area contributed by atoms with Crippen molar-refractivity contribution in [1.82, 2.24) is 0 Å². The summed E-state index contributed by atoms with van der Waals surface area (Å²) in [6, 6.07) is 0. The number of Topliss-reactive ketones (excluding diaryl/α,β-unsaturated/α-hetero) is 1. The second kappa shape index (κ2) is 29.2. The average molecular weight is 1240 g/mol. The van der Waals surface area contributed by atoms with Crippen molar-refractivity contribution >= 4 is 35.3 Å². The number of ether oxygens (including phenoxy) is 9. The predicted molar refractivity (Wildman–Crippen MR) is 315 cm³/mol. The fraction of sp³-hybridized carbons (Fsp3) is 0.785. The highest BCUT2D eigenvalue weighted by atomic mass is 35.5. The first-order valence-electron chi connectivity index (χ1n) is 31.1. The van der Waals surface area contributed by atoms with Gasteiger partial charge in [0, 0.05) is 107 Å². The van der Waals surface area contributed by atoms with Crippen molar-refractivity contribution in [3.8, 4) is 0 Å². The van der Waals surface area contributed by atoms with Crippen molar-refractivity contribution < 1.29 is 97.6 Å². The molecule has 2 spiro atoms. The molecule has 7 rings (SSSR count). The number of carbonyl (C=O) groups is 4. The van der Waals surface area contributed by atoms with Crippen molar-refractivity contribution in [2.75, 3.05) is 7.11 Å². The van der Waals surface area contributed by atoms with Crippen LogP contribution in [-0.4, -0.2) is 181 Å². The Kier molecular flexibility index (Phi) is 23.8. The summed E-state index contributed by atoms with van der Waals surface area (Å²) in [5.74, 6) is -9.92. The molecule has 1 aliphatic carbocycles. The topological polar surface area (TPSA) is 293 Å². The Morgan fingerprint density at radius 1 is 0.826 bits per heavy atom. The Labute approximate surface area is 512 Å². The van der Waals surface area contributed by atoms with Crippen molar-refractivity contribution in [2.24, 2.45) is 35.5 Å². The normalized spacial score (nSPS) is 44.5. The zero-order valence-corrected chi connectivity index (χ0v) is 52.6. The summed E-state index contributed by atoms with van der Waals surface area (Å²) in [7, 11) is 1.63. The quantitative estimate of drug-likeness (QED) is 0.0539. The van der Waals surface area contributed by atoms with Gasteiger partial charge >= 0.3 is 17.9 Å². The van der Waals surface area contributed by atoms with Gasteiger partial charge < -0.3 is 78.4 Å². The molecule has 6 aliphatic heterocycles. The molecule has 6 fully saturated rings. The number of esters is 3. The first kappa shape index (κ1) is 70.0. The number of rotatable bonds is 9.